The Labute approximate surface area is 212 Å². The maximum Gasteiger partial charge on any atom is 0.295 e. The zero-order valence-electron chi connectivity index (χ0n) is 21.2. The maximum atomic E-state index is 13.3. The van der Waals surface area contributed by atoms with Crippen molar-refractivity contribution in [2.24, 2.45) is 0 Å². The second-order valence-corrected chi connectivity index (χ2v) is 8.80. The molecule has 1 unspecified atom stereocenters. The van der Waals surface area contributed by atoms with Crippen molar-refractivity contribution in [3.8, 4) is 17.2 Å². The summed E-state index contributed by atoms with van der Waals surface area (Å²) < 4.78 is 16.9. The molecule has 2 aliphatic rings. The van der Waals surface area contributed by atoms with Crippen molar-refractivity contribution in [3.05, 3.63) is 59.2 Å². The molecule has 0 radical (unpaired) electrons. The molecule has 2 aliphatic heterocycles. The van der Waals surface area contributed by atoms with Crippen LogP contribution in [-0.4, -0.2) is 72.6 Å². The van der Waals surface area contributed by atoms with Crippen LogP contribution in [0.5, 0.6) is 17.2 Å². The van der Waals surface area contributed by atoms with E-state index in [1.165, 1.54) is 0 Å². The lowest BCUT2D eigenvalue weighted by Crippen LogP contribution is -2.38. The smallest absolute Gasteiger partial charge is 0.295 e. The molecule has 1 fully saturated rings. The number of ketones is 1. The van der Waals surface area contributed by atoms with E-state index in [0.717, 1.165) is 25.1 Å². The van der Waals surface area contributed by atoms with Crippen molar-refractivity contribution >= 4 is 17.4 Å². The number of rotatable bonds is 10. The van der Waals surface area contributed by atoms with Gasteiger partial charge in [-0.25, -0.2) is 0 Å². The Morgan fingerprint density at radius 2 is 1.72 bits per heavy atom. The Balaban J connectivity index is 1.75. The van der Waals surface area contributed by atoms with Gasteiger partial charge in [-0.1, -0.05) is 32.9 Å². The van der Waals surface area contributed by atoms with Gasteiger partial charge in [-0.05, 0) is 55.4 Å². The molecular weight excluding hydrogens is 460 g/mol. The number of hydrogen-bond acceptors (Lipinski definition) is 7. The third-order valence-electron chi connectivity index (χ3n) is 6.58. The molecule has 1 N–H and O–H groups in total. The lowest BCUT2D eigenvalue weighted by Gasteiger charge is -2.28. The van der Waals surface area contributed by atoms with E-state index in [1.807, 2.05) is 31.2 Å². The summed E-state index contributed by atoms with van der Waals surface area (Å²) in [5.74, 6) is 0.252. The van der Waals surface area contributed by atoms with Crippen LogP contribution in [0.2, 0.25) is 0 Å². The van der Waals surface area contributed by atoms with Gasteiger partial charge in [0, 0.05) is 18.7 Å². The van der Waals surface area contributed by atoms with Crippen molar-refractivity contribution in [2.75, 3.05) is 46.0 Å². The van der Waals surface area contributed by atoms with Crippen LogP contribution in [0.1, 0.15) is 44.4 Å². The summed E-state index contributed by atoms with van der Waals surface area (Å²) in [5.41, 5.74) is 1.20. The summed E-state index contributed by atoms with van der Waals surface area (Å²) in [6, 6.07) is 11.7. The molecule has 36 heavy (non-hydrogen) atoms. The number of benzene rings is 2. The van der Waals surface area contributed by atoms with Gasteiger partial charge in [0.1, 0.15) is 24.7 Å². The molecule has 8 heteroatoms. The van der Waals surface area contributed by atoms with E-state index in [-0.39, 0.29) is 11.3 Å². The molecule has 2 aromatic carbocycles. The van der Waals surface area contributed by atoms with Gasteiger partial charge in [0.05, 0.1) is 18.2 Å². The fourth-order valence-electron chi connectivity index (χ4n) is 4.56. The second-order valence-electron chi connectivity index (χ2n) is 8.80. The molecule has 0 saturated carbocycles. The Kier molecular flexibility index (Phi) is 8.15. The minimum absolute atomic E-state index is 0.0680. The molecule has 1 amide bonds. The number of carbonyl (C=O) groups excluding carboxylic acids is 2. The van der Waals surface area contributed by atoms with Crippen molar-refractivity contribution in [1.29, 1.82) is 0 Å². The van der Waals surface area contributed by atoms with Crippen LogP contribution in [0.4, 0.5) is 0 Å². The molecule has 1 atom stereocenters. The highest BCUT2D eigenvalue weighted by atomic mass is 16.6. The number of amides is 1. The van der Waals surface area contributed by atoms with Crippen LogP contribution >= 0.6 is 0 Å². The molecule has 2 aromatic rings. The number of aliphatic hydroxyl groups is 1. The van der Waals surface area contributed by atoms with Crippen LogP contribution in [0, 0.1) is 0 Å². The zero-order chi connectivity index (χ0) is 25.7. The van der Waals surface area contributed by atoms with E-state index in [9.17, 15) is 14.7 Å². The Bertz CT molecular complexity index is 1120. The monoisotopic (exact) mass is 494 g/mol. The van der Waals surface area contributed by atoms with Crippen molar-refractivity contribution in [1.82, 2.24) is 9.80 Å². The first-order valence-electron chi connectivity index (χ1n) is 12.6. The average Bonchev–Trinajstić information content (AvgIpc) is 3.17. The highest BCUT2D eigenvalue weighted by Crippen LogP contribution is 2.41. The van der Waals surface area contributed by atoms with Crippen LogP contribution in [0.15, 0.2) is 48.0 Å². The summed E-state index contributed by atoms with van der Waals surface area (Å²) in [7, 11) is 0. The average molecular weight is 495 g/mol. The number of likely N-dealkylation sites (tertiary alicyclic amines) is 1. The number of nitrogens with zero attached hydrogens (tertiary/aromatic N) is 2. The van der Waals surface area contributed by atoms with Gasteiger partial charge in [-0.3, -0.25) is 9.59 Å². The number of carbonyl (C=O) groups is 2. The van der Waals surface area contributed by atoms with Gasteiger partial charge in [0.15, 0.2) is 11.5 Å². The van der Waals surface area contributed by atoms with Gasteiger partial charge < -0.3 is 29.1 Å². The first kappa shape index (κ1) is 25.6. The van der Waals surface area contributed by atoms with Crippen molar-refractivity contribution < 1.29 is 28.9 Å². The topological polar surface area (TPSA) is 88.5 Å². The van der Waals surface area contributed by atoms with Gasteiger partial charge in [0.2, 0.25) is 0 Å². The predicted molar refractivity (Wildman–Crippen MR) is 136 cm³/mol. The van der Waals surface area contributed by atoms with Crippen LogP contribution in [-0.2, 0) is 9.59 Å². The fraction of sp³-hybridized carbons (Fsp3) is 0.429. The first-order chi connectivity index (χ1) is 17.5. The van der Waals surface area contributed by atoms with Gasteiger partial charge in [-0.15, -0.1) is 0 Å². The quantitative estimate of drug-likeness (QED) is 0.303. The predicted octanol–water partition coefficient (Wildman–Crippen LogP) is 4.01. The van der Waals surface area contributed by atoms with Gasteiger partial charge >= 0.3 is 0 Å². The molecule has 1 saturated heterocycles. The minimum atomic E-state index is -0.714. The lowest BCUT2D eigenvalue weighted by molar-refractivity contribution is -0.140. The molecule has 0 aliphatic carbocycles. The number of hydrogen-bond donors (Lipinski definition) is 1. The molecule has 0 bridgehead atoms. The summed E-state index contributed by atoms with van der Waals surface area (Å²) >= 11 is 0. The highest BCUT2D eigenvalue weighted by Gasteiger charge is 2.46. The Hall–Kier alpha value is -3.52. The normalized spacial score (nSPS) is 18.7. The summed E-state index contributed by atoms with van der Waals surface area (Å²) in [5, 5.41) is 11.3. The first-order valence-corrected chi connectivity index (χ1v) is 12.6. The largest absolute Gasteiger partial charge is 0.507 e. The summed E-state index contributed by atoms with van der Waals surface area (Å²) in [4.78, 5) is 30.3. The standard InChI is InChI=1S/C28H34N2O6/c1-4-15-34-21-10-7-19(8-11-21)25-24(27(32)28(33)30(25)14-13-29(5-2)6-3)26(31)20-9-12-22-23(18-20)36-17-16-35-22/h7-12,18,25,31H,4-6,13-17H2,1-3H3. The number of fused-ring (bicyclic) bond motifs is 1. The molecule has 2 heterocycles. The third-order valence-corrected chi connectivity index (χ3v) is 6.58. The third kappa shape index (κ3) is 5.18. The van der Waals surface area contributed by atoms with Crippen LogP contribution in [0.25, 0.3) is 5.76 Å². The van der Waals surface area contributed by atoms with E-state index in [0.29, 0.717) is 55.7 Å². The summed E-state index contributed by atoms with van der Waals surface area (Å²) in [6.45, 7) is 10.3. The lowest BCUT2D eigenvalue weighted by atomic mass is 9.95. The SMILES string of the molecule is CCCOc1ccc(C2C(=C(O)c3ccc4c(c3)OCCO4)C(=O)C(=O)N2CCN(CC)CC)cc1. The fourth-order valence-corrected chi connectivity index (χ4v) is 4.56. The summed E-state index contributed by atoms with van der Waals surface area (Å²) in [6.07, 6.45) is 0.892. The zero-order valence-corrected chi connectivity index (χ0v) is 21.2. The Morgan fingerprint density at radius 1 is 1.03 bits per heavy atom. The highest BCUT2D eigenvalue weighted by molar-refractivity contribution is 6.46. The number of ether oxygens (including phenoxy) is 3. The molecule has 4 rings (SSSR count). The second kappa shape index (κ2) is 11.5. The van der Waals surface area contributed by atoms with E-state index in [2.05, 4.69) is 18.7 Å². The van der Waals surface area contributed by atoms with E-state index in [4.69, 9.17) is 14.2 Å². The molecule has 8 nitrogen and oxygen atoms in total. The number of aliphatic hydroxyl groups excluding tert-OH is 1. The van der Waals surface area contributed by atoms with Gasteiger partial charge in [0.25, 0.3) is 11.7 Å². The van der Waals surface area contributed by atoms with E-state index >= 15 is 0 Å². The van der Waals surface area contributed by atoms with Gasteiger partial charge in [-0.2, -0.15) is 0 Å². The molecule has 0 spiro atoms. The van der Waals surface area contributed by atoms with Crippen LogP contribution < -0.4 is 14.2 Å². The van der Waals surface area contributed by atoms with Crippen LogP contribution in [0.3, 0.4) is 0 Å². The molecule has 0 aromatic heterocycles. The van der Waals surface area contributed by atoms with Crippen molar-refractivity contribution in [3.63, 3.8) is 0 Å². The van der Waals surface area contributed by atoms with E-state index < -0.39 is 17.7 Å². The number of likely N-dealkylation sites (N-methyl/N-ethyl adjacent to an activating group) is 1. The minimum Gasteiger partial charge on any atom is -0.507 e. The molecular formula is C28H34N2O6. The molecule has 192 valence electrons. The van der Waals surface area contributed by atoms with Crippen molar-refractivity contribution in [2.45, 2.75) is 33.2 Å². The van der Waals surface area contributed by atoms with E-state index in [1.54, 1.807) is 23.1 Å². The maximum absolute atomic E-state index is 13.3. The Morgan fingerprint density at radius 3 is 2.39 bits per heavy atom. The number of Topliss-reactive ketones (excluding diaryl/α,β-unsaturated/α-hetero) is 1.